The van der Waals surface area contributed by atoms with Crippen LogP contribution in [0.15, 0.2) is 30.0 Å². The highest BCUT2D eigenvalue weighted by molar-refractivity contribution is 7.99. The predicted molar refractivity (Wildman–Crippen MR) is 143 cm³/mol. The minimum atomic E-state index is -0.903. The van der Waals surface area contributed by atoms with Gasteiger partial charge in [-0.15, -0.1) is 0 Å². The van der Waals surface area contributed by atoms with Crippen LogP contribution in [0, 0.1) is 11.3 Å². The summed E-state index contributed by atoms with van der Waals surface area (Å²) in [5.41, 5.74) is 0.840. The zero-order valence-electron chi connectivity index (χ0n) is 22.1. The molecule has 0 bridgehead atoms. The second-order valence-electron chi connectivity index (χ2n) is 9.94. The Balaban J connectivity index is 1.63. The van der Waals surface area contributed by atoms with Crippen LogP contribution in [-0.4, -0.2) is 80.1 Å². The van der Waals surface area contributed by atoms with Gasteiger partial charge in [-0.25, -0.2) is 0 Å². The summed E-state index contributed by atoms with van der Waals surface area (Å²) >= 11 is 1.84. The van der Waals surface area contributed by atoms with E-state index in [1.807, 2.05) is 34.9 Å². The quantitative estimate of drug-likeness (QED) is 0.474. The Labute approximate surface area is 223 Å². The third kappa shape index (κ3) is 5.76. The van der Waals surface area contributed by atoms with Crippen LogP contribution < -0.4 is 9.47 Å². The van der Waals surface area contributed by atoms with Gasteiger partial charge in [0.05, 0.1) is 21.3 Å². The summed E-state index contributed by atoms with van der Waals surface area (Å²) in [6.45, 7) is 1.82. The Bertz CT molecular complexity index is 1040. The van der Waals surface area contributed by atoms with Crippen LogP contribution >= 0.6 is 11.8 Å². The normalized spacial score (nSPS) is 24.0. The van der Waals surface area contributed by atoms with Crippen LogP contribution in [0.4, 0.5) is 0 Å². The molecule has 202 valence electrons. The van der Waals surface area contributed by atoms with Crippen LogP contribution in [-0.2, 0) is 25.5 Å². The van der Waals surface area contributed by atoms with Crippen molar-refractivity contribution >= 4 is 29.5 Å². The van der Waals surface area contributed by atoms with Gasteiger partial charge in [0.15, 0.2) is 11.5 Å². The molecule has 37 heavy (non-hydrogen) atoms. The zero-order chi connectivity index (χ0) is 26.4. The van der Waals surface area contributed by atoms with E-state index in [0.717, 1.165) is 42.0 Å². The number of amides is 2. The molecule has 1 aliphatic carbocycles. The Morgan fingerprint density at radius 2 is 1.84 bits per heavy atom. The van der Waals surface area contributed by atoms with Gasteiger partial charge in [-0.2, -0.15) is 11.8 Å². The van der Waals surface area contributed by atoms with Crippen molar-refractivity contribution in [2.24, 2.45) is 11.3 Å². The van der Waals surface area contributed by atoms with Gasteiger partial charge in [0, 0.05) is 49.2 Å². The summed E-state index contributed by atoms with van der Waals surface area (Å²) in [5.74, 6) is 2.17. The first kappa shape index (κ1) is 27.4. The number of esters is 1. The predicted octanol–water partition coefficient (Wildman–Crippen LogP) is 3.68. The van der Waals surface area contributed by atoms with Crippen molar-refractivity contribution in [1.29, 1.82) is 0 Å². The first-order valence-corrected chi connectivity index (χ1v) is 14.3. The molecule has 0 saturated carbocycles. The summed E-state index contributed by atoms with van der Waals surface area (Å²) in [6, 6.07) is 5.73. The van der Waals surface area contributed by atoms with E-state index in [4.69, 9.17) is 14.2 Å². The Kier molecular flexibility index (Phi) is 9.05. The van der Waals surface area contributed by atoms with E-state index in [0.29, 0.717) is 50.4 Å². The number of hydrogen-bond acceptors (Lipinski definition) is 7. The summed E-state index contributed by atoms with van der Waals surface area (Å²) in [4.78, 5) is 44.1. The molecule has 2 saturated heterocycles. The van der Waals surface area contributed by atoms with Crippen LogP contribution in [0.3, 0.4) is 0 Å². The van der Waals surface area contributed by atoms with E-state index >= 15 is 0 Å². The molecule has 8 nitrogen and oxygen atoms in total. The fourth-order valence-corrected chi connectivity index (χ4v) is 6.76. The highest BCUT2D eigenvalue weighted by Gasteiger charge is 2.53. The number of methoxy groups -OCH3 is 3. The number of fused-ring (bicyclic) bond motifs is 1. The average Bonchev–Trinajstić information content (AvgIpc) is 3.16. The second-order valence-corrected chi connectivity index (χ2v) is 11.2. The second kappa shape index (κ2) is 12.2. The molecule has 0 radical (unpaired) electrons. The van der Waals surface area contributed by atoms with Crippen molar-refractivity contribution in [3.63, 3.8) is 0 Å². The molecule has 2 amide bonds. The maximum atomic E-state index is 13.9. The molecular weight excluding hydrogens is 492 g/mol. The Morgan fingerprint density at radius 3 is 2.54 bits per heavy atom. The van der Waals surface area contributed by atoms with Gasteiger partial charge in [-0.3, -0.25) is 14.4 Å². The molecule has 1 aromatic carbocycles. The average molecular weight is 531 g/mol. The fraction of sp³-hybridized carbons (Fsp3) is 0.607. The number of ether oxygens (including phenoxy) is 3. The third-order valence-corrected chi connectivity index (χ3v) is 8.76. The van der Waals surface area contributed by atoms with Crippen LogP contribution in [0.5, 0.6) is 11.5 Å². The molecule has 0 aromatic heterocycles. The van der Waals surface area contributed by atoms with Crippen LogP contribution in [0.2, 0.25) is 0 Å². The molecule has 2 aliphatic heterocycles. The number of likely N-dealkylation sites (tertiary alicyclic amines) is 1. The Hall–Kier alpha value is -2.68. The van der Waals surface area contributed by atoms with Crippen LogP contribution in [0.1, 0.15) is 44.1 Å². The van der Waals surface area contributed by atoms with Crippen molar-refractivity contribution < 1.29 is 28.6 Å². The van der Waals surface area contributed by atoms with Gasteiger partial charge < -0.3 is 24.0 Å². The lowest BCUT2D eigenvalue weighted by Gasteiger charge is -2.46. The number of benzene rings is 1. The number of rotatable bonds is 8. The number of allylic oxidation sites excluding steroid dienone is 1. The highest BCUT2D eigenvalue weighted by atomic mass is 32.2. The molecule has 1 aromatic rings. The SMILES string of the molecule is COC(=O)[C@]12CCCCC=C1N(CCc1ccc(OC)c(OC)c1)C(=O)[C@@H](CC(=O)N1CCSCC1)C2. The van der Waals surface area contributed by atoms with Crippen molar-refractivity contribution in [2.45, 2.75) is 44.9 Å². The lowest BCUT2D eigenvalue weighted by molar-refractivity contribution is -0.160. The lowest BCUT2D eigenvalue weighted by Crippen LogP contribution is -2.54. The number of carbonyl (C=O) groups is 3. The van der Waals surface area contributed by atoms with Crippen molar-refractivity contribution in [2.75, 3.05) is 52.5 Å². The largest absolute Gasteiger partial charge is 0.493 e. The number of piperidine rings is 1. The molecule has 0 unspecified atom stereocenters. The summed E-state index contributed by atoms with van der Waals surface area (Å²) in [6.07, 6.45) is 6.33. The van der Waals surface area contributed by atoms with Gasteiger partial charge in [-0.1, -0.05) is 18.6 Å². The van der Waals surface area contributed by atoms with Crippen molar-refractivity contribution in [3.8, 4) is 11.5 Å². The molecule has 4 rings (SSSR count). The first-order chi connectivity index (χ1) is 17.9. The monoisotopic (exact) mass is 530 g/mol. The zero-order valence-corrected chi connectivity index (χ0v) is 22.9. The first-order valence-electron chi connectivity index (χ1n) is 13.1. The minimum Gasteiger partial charge on any atom is -0.493 e. The molecule has 3 aliphatic rings. The van der Waals surface area contributed by atoms with E-state index in [1.165, 1.54) is 7.11 Å². The van der Waals surface area contributed by atoms with Crippen molar-refractivity contribution in [1.82, 2.24) is 9.80 Å². The fourth-order valence-electron chi connectivity index (χ4n) is 5.86. The van der Waals surface area contributed by atoms with E-state index in [-0.39, 0.29) is 24.2 Å². The van der Waals surface area contributed by atoms with Gasteiger partial charge in [0.2, 0.25) is 11.8 Å². The van der Waals surface area contributed by atoms with Crippen molar-refractivity contribution in [3.05, 3.63) is 35.5 Å². The Morgan fingerprint density at radius 1 is 1.08 bits per heavy atom. The van der Waals surface area contributed by atoms with Gasteiger partial charge in [0.25, 0.3) is 0 Å². The third-order valence-electron chi connectivity index (χ3n) is 7.82. The number of thioether (sulfide) groups is 1. The summed E-state index contributed by atoms with van der Waals surface area (Å²) in [7, 11) is 4.61. The number of carbonyl (C=O) groups excluding carboxylic acids is 3. The molecule has 2 fully saturated rings. The summed E-state index contributed by atoms with van der Waals surface area (Å²) < 4.78 is 16.1. The summed E-state index contributed by atoms with van der Waals surface area (Å²) in [5, 5.41) is 0. The van der Waals surface area contributed by atoms with Gasteiger partial charge >= 0.3 is 5.97 Å². The number of nitrogens with zero attached hydrogens (tertiary/aromatic N) is 2. The highest BCUT2D eigenvalue weighted by Crippen LogP contribution is 2.49. The maximum absolute atomic E-state index is 13.9. The molecule has 0 N–H and O–H groups in total. The topological polar surface area (TPSA) is 85.4 Å². The molecule has 9 heteroatoms. The molecular formula is C28H38N2O6S. The van der Waals surface area contributed by atoms with E-state index < -0.39 is 11.3 Å². The van der Waals surface area contributed by atoms with E-state index in [2.05, 4.69) is 6.08 Å². The van der Waals surface area contributed by atoms with Crippen LogP contribution in [0.25, 0.3) is 0 Å². The molecule has 0 spiro atoms. The van der Waals surface area contributed by atoms with E-state index in [9.17, 15) is 14.4 Å². The molecule has 2 heterocycles. The van der Waals surface area contributed by atoms with E-state index in [1.54, 1.807) is 19.1 Å². The smallest absolute Gasteiger partial charge is 0.317 e. The van der Waals surface area contributed by atoms with Gasteiger partial charge in [0.1, 0.15) is 5.41 Å². The standard InChI is InChI=1S/C28H38N2O6S/c1-34-22-9-8-20(17-23(22)35-2)10-12-30-24-7-5-4-6-11-28(24,27(33)36-3)19-21(26(30)32)18-25(31)29-13-15-37-16-14-29/h7-9,17,21H,4-6,10-16,18-19H2,1-3H3/t21-,28-/m0/s1. The molecule has 2 atom stereocenters. The number of hydrogen-bond donors (Lipinski definition) is 0. The minimum absolute atomic E-state index is 0.000409. The maximum Gasteiger partial charge on any atom is 0.317 e. The lowest BCUT2D eigenvalue weighted by atomic mass is 9.69. The van der Waals surface area contributed by atoms with Gasteiger partial charge in [-0.05, 0) is 49.8 Å².